The third-order valence-electron chi connectivity index (χ3n) is 1.85. The minimum Gasteiger partial charge on any atom is -0.759 e. The van der Waals surface area contributed by atoms with Crippen molar-refractivity contribution in [2.45, 2.75) is 29.9 Å². The van der Waals surface area contributed by atoms with Crippen molar-refractivity contribution < 1.29 is 54.7 Å². The summed E-state index contributed by atoms with van der Waals surface area (Å²) < 4.78 is 4.84. The predicted octanol–water partition coefficient (Wildman–Crippen LogP) is -5.66. The first-order chi connectivity index (χ1) is 5.57. The van der Waals surface area contributed by atoms with Crippen LogP contribution in [0.25, 0.3) is 0 Å². The van der Waals surface area contributed by atoms with Gasteiger partial charge in [0.15, 0.2) is 0 Å². The minimum atomic E-state index is -1.35. The van der Waals surface area contributed by atoms with Crippen molar-refractivity contribution in [3.05, 3.63) is 0 Å². The second-order valence-corrected chi connectivity index (χ2v) is 3.16. The first kappa shape index (κ1) is 14.2. The largest absolute Gasteiger partial charge is 1.00 e. The molecule has 0 spiro atoms. The zero-order chi connectivity index (χ0) is 9.30. The van der Waals surface area contributed by atoms with Gasteiger partial charge in [-0.3, -0.25) is 0 Å². The Kier molecular flexibility index (Phi) is 6.41. The summed E-state index contributed by atoms with van der Waals surface area (Å²) in [6.45, 7) is -0.432. The average Bonchev–Trinajstić information content (AvgIpc) is 2.08. The fourth-order valence-corrected chi connectivity index (χ4v) is 1.37. The van der Waals surface area contributed by atoms with Crippen molar-refractivity contribution in [2.75, 3.05) is 6.61 Å². The summed E-state index contributed by atoms with van der Waals surface area (Å²) >= 11 is 4.63. The predicted molar refractivity (Wildman–Crippen MR) is 41.1 cm³/mol. The van der Waals surface area contributed by atoms with Gasteiger partial charge < -0.3 is 37.8 Å². The summed E-state index contributed by atoms with van der Waals surface area (Å²) in [4.78, 5) is 0. The summed E-state index contributed by atoms with van der Waals surface area (Å²) in [7, 11) is 0. The molecule has 3 unspecified atom stereocenters. The molecule has 0 aromatic carbocycles. The molecule has 5 atom stereocenters. The second kappa shape index (κ2) is 5.89. The molecule has 1 fully saturated rings. The molecule has 1 aliphatic rings. The van der Waals surface area contributed by atoms with Gasteiger partial charge in [0.05, 0.1) is 12.7 Å². The first-order valence-electron chi connectivity index (χ1n) is 3.54. The SMILES string of the molecule is OCC1O[C@@H]([S-])C(O)C(O)[C@H]1O.[Na+]. The second-order valence-electron chi connectivity index (χ2n) is 2.70. The van der Waals surface area contributed by atoms with E-state index >= 15 is 0 Å². The number of aliphatic hydroxyl groups excluding tert-OH is 4. The van der Waals surface area contributed by atoms with Crippen LogP contribution in [0, 0.1) is 0 Å². The van der Waals surface area contributed by atoms with Crippen LogP contribution in [0.15, 0.2) is 0 Å². The molecule has 1 aliphatic heterocycles. The number of ether oxygens (including phenoxy) is 1. The monoisotopic (exact) mass is 218 g/mol. The van der Waals surface area contributed by atoms with Crippen LogP contribution in [-0.4, -0.2) is 56.9 Å². The Morgan fingerprint density at radius 1 is 1.08 bits per heavy atom. The molecular weight excluding hydrogens is 207 g/mol. The Morgan fingerprint density at radius 2 is 1.62 bits per heavy atom. The van der Waals surface area contributed by atoms with Gasteiger partial charge in [0, 0.05) is 0 Å². The molecule has 0 radical (unpaired) electrons. The molecule has 13 heavy (non-hydrogen) atoms. The molecule has 5 nitrogen and oxygen atoms in total. The number of aliphatic hydroxyl groups is 4. The Labute approximate surface area is 103 Å². The molecule has 1 heterocycles. The van der Waals surface area contributed by atoms with Gasteiger partial charge in [0.2, 0.25) is 0 Å². The topological polar surface area (TPSA) is 90.2 Å². The molecule has 1 rings (SSSR count). The molecule has 72 valence electrons. The van der Waals surface area contributed by atoms with Gasteiger partial charge in [0.25, 0.3) is 0 Å². The minimum absolute atomic E-state index is 0. The third kappa shape index (κ3) is 3.05. The van der Waals surface area contributed by atoms with E-state index in [4.69, 9.17) is 20.1 Å². The molecule has 0 aromatic heterocycles. The van der Waals surface area contributed by atoms with Gasteiger partial charge >= 0.3 is 29.6 Å². The molecule has 0 bridgehead atoms. The maximum absolute atomic E-state index is 9.18. The summed E-state index contributed by atoms with van der Waals surface area (Å²) in [5.74, 6) is 0. The standard InChI is InChI=1S/C6H12O5S.Na/c7-1-2-3(8)4(9)5(10)6(12)11-2;/h2-10,12H,1H2;/q;+1/p-1/t2?,3-,4?,5?,6-;/m0./s1. The maximum atomic E-state index is 9.18. The molecule has 0 amide bonds. The van der Waals surface area contributed by atoms with E-state index in [1.165, 1.54) is 0 Å². The first-order valence-corrected chi connectivity index (χ1v) is 4.01. The summed E-state index contributed by atoms with van der Waals surface area (Å²) in [5, 5.41) is 36.1. The Bertz CT molecular complexity index is 155. The van der Waals surface area contributed by atoms with Gasteiger partial charge in [-0.1, -0.05) is 0 Å². The van der Waals surface area contributed by atoms with Crippen LogP contribution in [-0.2, 0) is 17.4 Å². The molecule has 0 aliphatic carbocycles. The van der Waals surface area contributed by atoms with Crippen LogP contribution < -0.4 is 29.6 Å². The summed E-state index contributed by atoms with van der Waals surface area (Å²) in [6, 6.07) is 0. The smallest absolute Gasteiger partial charge is 0.759 e. The van der Waals surface area contributed by atoms with Crippen LogP contribution in [0.1, 0.15) is 0 Å². The maximum Gasteiger partial charge on any atom is 1.00 e. The van der Waals surface area contributed by atoms with Crippen molar-refractivity contribution in [3.8, 4) is 0 Å². The van der Waals surface area contributed by atoms with Crippen molar-refractivity contribution >= 4 is 12.6 Å². The molecule has 7 heteroatoms. The number of rotatable bonds is 1. The zero-order valence-corrected chi connectivity index (χ0v) is 10.0. The molecule has 0 aromatic rings. The van der Waals surface area contributed by atoms with Crippen LogP contribution in [0.3, 0.4) is 0 Å². The van der Waals surface area contributed by atoms with Gasteiger partial charge in [0.1, 0.15) is 18.3 Å². The molecule has 0 saturated carbocycles. The van der Waals surface area contributed by atoms with Crippen molar-refractivity contribution in [1.82, 2.24) is 0 Å². The van der Waals surface area contributed by atoms with Gasteiger partial charge in [-0.25, -0.2) is 0 Å². The van der Waals surface area contributed by atoms with Crippen molar-refractivity contribution in [1.29, 1.82) is 0 Å². The number of hydrogen-bond donors (Lipinski definition) is 4. The Hall–Kier alpha value is 1.15. The van der Waals surface area contributed by atoms with E-state index in [-0.39, 0.29) is 29.6 Å². The quantitative estimate of drug-likeness (QED) is 0.259. The van der Waals surface area contributed by atoms with E-state index < -0.39 is 36.5 Å². The van der Waals surface area contributed by atoms with Crippen LogP contribution >= 0.6 is 0 Å². The third-order valence-corrected chi connectivity index (χ3v) is 2.24. The van der Waals surface area contributed by atoms with E-state index in [0.717, 1.165) is 0 Å². The van der Waals surface area contributed by atoms with Crippen LogP contribution in [0.4, 0.5) is 0 Å². The molecule has 4 N–H and O–H groups in total. The fraction of sp³-hybridized carbons (Fsp3) is 1.00. The van der Waals surface area contributed by atoms with Crippen molar-refractivity contribution in [2.24, 2.45) is 0 Å². The van der Waals surface area contributed by atoms with E-state index in [1.807, 2.05) is 0 Å². The van der Waals surface area contributed by atoms with Gasteiger partial charge in [-0.05, 0) is 5.44 Å². The van der Waals surface area contributed by atoms with Crippen LogP contribution in [0.5, 0.6) is 0 Å². The Balaban J connectivity index is 0.00000144. The van der Waals surface area contributed by atoms with E-state index in [1.54, 1.807) is 0 Å². The molecular formula is C6H11NaO5S. The van der Waals surface area contributed by atoms with Crippen molar-refractivity contribution in [3.63, 3.8) is 0 Å². The van der Waals surface area contributed by atoms with E-state index in [9.17, 15) is 5.11 Å². The average molecular weight is 218 g/mol. The van der Waals surface area contributed by atoms with E-state index in [0.29, 0.717) is 0 Å². The van der Waals surface area contributed by atoms with Crippen LogP contribution in [0.2, 0.25) is 0 Å². The molecule has 1 saturated heterocycles. The summed E-state index contributed by atoms with van der Waals surface area (Å²) in [6.07, 6.45) is -4.83. The fourth-order valence-electron chi connectivity index (χ4n) is 1.07. The van der Waals surface area contributed by atoms with Gasteiger partial charge in [-0.15, -0.1) is 0 Å². The normalized spacial score (nSPS) is 45.5. The zero-order valence-electron chi connectivity index (χ0n) is 7.20. The summed E-state index contributed by atoms with van der Waals surface area (Å²) in [5.41, 5.74) is -0.986. The number of hydrogen-bond acceptors (Lipinski definition) is 6. The Morgan fingerprint density at radius 3 is 2.08 bits per heavy atom. The van der Waals surface area contributed by atoms with Gasteiger partial charge in [-0.2, -0.15) is 0 Å². The van der Waals surface area contributed by atoms with E-state index in [2.05, 4.69) is 12.6 Å².